The van der Waals surface area contributed by atoms with Gasteiger partial charge in [0.05, 0.1) is 6.61 Å². The molecule has 0 bridgehead atoms. The van der Waals surface area contributed by atoms with Crippen LogP contribution in [0.4, 0.5) is 0 Å². The number of phenols is 1. The van der Waals surface area contributed by atoms with E-state index < -0.39 is 0 Å². The highest BCUT2D eigenvalue weighted by Crippen LogP contribution is 2.33. The molecule has 3 nitrogen and oxygen atoms in total. The number of hydrogen-bond acceptors (Lipinski definition) is 3. The third-order valence-corrected chi connectivity index (χ3v) is 4.35. The van der Waals surface area contributed by atoms with Crippen molar-refractivity contribution in [3.63, 3.8) is 0 Å². The fourth-order valence-electron chi connectivity index (χ4n) is 2.52. The van der Waals surface area contributed by atoms with E-state index in [9.17, 15) is 5.11 Å². The normalized spacial score (nSPS) is 13.0. The third-order valence-electron chi connectivity index (χ3n) is 3.54. The lowest BCUT2D eigenvalue weighted by atomic mass is 10.1. The first-order valence-corrected chi connectivity index (χ1v) is 7.93. The zero-order chi connectivity index (χ0) is 14.8. The van der Waals surface area contributed by atoms with Gasteiger partial charge in [0.25, 0.3) is 0 Å². The number of halogens is 2. The van der Waals surface area contributed by atoms with Crippen molar-refractivity contribution in [1.29, 1.82) is 0 Å². The first kappa shape index (κ1) is 14.7. The molecule has 0 fully saturated rings. The lowest BCUT2D eigenvalue weighted by Crippen LogP contribution is -2.14. The summed E-state index contributed by atoms with van der Waals surface area (Å²) in [6.45, 7) is 1.91. The Balaban J connectivity index is 1.72. The van der Waals surface area contributed by atoms with Crippen LogP contribution in [0.3, 0.4) is 0 Å². The van der Waals surface area contributed by atoms with Gasteiger partial charge in [-0.2, -0.15) is 0 Å². The lowest BCUT2D eigenvalue weighted by molar-refractivity contribution is 0.352. The van der Waals surface area contributed by atoms with Crippen molar-refractivity contribution < 1.29 is 9.84 Å². The number of nitrogens with one attached hydrogen (secondary N) is 1. The van der Waals surface area contributed by atoms with Crippen molar-refractivity contribution in [2.24, 2.45) is 0 Å². The maximum atomic E-state index is 9.83. The highest BCUT2D eigenvalue weighted by molar-refractivity contribution is 9.10. The van der Waals surface area contributed by atoms with Crippen LogP contribution >= 0.6 is 27.5 Å². The number of benzene rings is 2. The molecule has 2 N–H and O–H groups in total. The summed E-state index contributed by atoms with van der Waals surface area (Å²) < 4.78 is 6.76. The van der Waals surface area contributed by atoms with E-state index in [-0.39, 0.29) is 5.75 Å². The van der Waals surface area contributed by atoms with Crippen molar-refractivity contribution in [2.45, 2.75) is 19.5 Å². The second-order valence-corrected chi connectivity index (χ2v) is 6.32. The number of aromatic hydroxyl groups is 1. The molecular weight excluding hydrogens is 354 g/mol. The maximum absolute atomic E-state index is 9.83. The van der Waals surface area contributed by atoms with Crippen LogP contribution in [0.15, 0.2) is 34.8 Å². The van der Waals surface area contributed by atoms with Gasteiger partial charge in [-0.25, -0.2) is 0 Å². The van der Waals surface area contributed by atoms with Crippen LogP contribution in [0.1, 0.15) is 16.7 Å². The quantitative estimate of drug-likeness (QED) is 0.856. The van der Waals surface area contributed by atoms with Gasteiger partial charge in [-0.1, -0.05) is 33.6 Å². The Morgan fingerprint density at radius 1 is 1.29 bits per heavy atom. The topological polar surface area (TPSA) is 41.5 Å². The average Bonchev–Trinajstić information content (AvgIpc) is 2.90. The molecule has 0 atom stereocenters. The van der Waals surface area contributed by atoms with Crippen LogP contribution in [0.5, 0.6) is 11.5 Å². The van der Waals surface area contributed by atoms with E-state index in [0.29, 0.717) is 23.7 Å². The Kier molecular flexibility index (Phi) is 4.38. The van der Waals surface area contributed by atoms with Gasteiger partial charge in [0.1, 0.15) is 11.5 Å². The first-order valence-electron chi connectivity index (χ1n) is 6.76. The summed E-state index contributed by atoms with van der Waals surface area (Å²) in [6.07, 6.45) is 0.951. The van der Waals surface area contributed by atoms with E-state index >= 15 is 0 Å². The molecule has 0 saturated heterocycles. The molecule has 0 saturated carbocycles. The summed E-state index contributed by atoms with van der Waals surface area (Å²) >= 11 is 9.63. The van der Waals surface area contributed by atoms with Gasteiger partial charge in [-0.15, -0.1) is 0 Å². The molecular formula is C16H15BrClNO2. The Bertz CT molecular complexity index is 655. The van der Waals surface area contributed by atoms with Gasteiger partial charge in [-0.05, 0) is 29.8 Å². The molecule has 0 spiro atoms. The van der Waals surface area contributed by atoms with E-state index in [4.69, 9.17) is 16.3 Å². The van der Waals surface area contributed by atoms with Crippen molar-refractivity contribution in [3.05, 3.63) is 56.5 Å². The molecule has 1 aliphatic rings. The van der Waals surface area contributed by atoms with E-state index in [1.54, 1.807) is 18.2 Å². The fourth-order valence-corrected chi connectivity index (χ4v) is 3.31. The predicted octanol–water partition coefficient (Wildman–Crippen LogP) is 4.03. The fraction of sp³-hybridized carbons (Fsp3) is 0.250. The molecule has 0 aliphatic carbocycles. The Labute approximate surface area is 137 Å². The molecule has 3 rings (SSSR count). The molecule has 2 aromatic rings. The zero-order valence-corrected chi connectivity index (χ0v) is 13.7. The Morgan fingerprint density at radius 3 is 2.95 bits per heavy atom. The van der Waals surface area contributed by atoms with Crippen molar-refractivity contribution in [1.82, 2.24) is 5.32 Å². The molecule has 0 radical (unpaired) electrons. The molecule has 1 heterocycles. The smallest absolute Gasteiger partial charge is 0.127 e. The van der Waals surface area contributed by atoms with Crippen LogP contribution < -0.4 is 10.1 Å². The minimum atomic E-state index is 0.214. The molecule has 5 heteroatoms. The summed E-state index contributed by atoms with van der Waals surface area (Å²) in [5.74, 6) is 1.19. The van der Waals surface area contributed by atoms with Crippen molar-refractivity contribution >= 4 is 27.5 Å². The SMILES string of the molecule is Oc1cccc(Cl)c1CNCc1cc(Br)cc2c1OCC2. The van der Waals surface area contributed by atoms with Crippen LogP contribution in [0.25, 0.3) is 0 Å². The van der Waals surface area contributed by atoms with Gasteiger partial charge >= 0.3 is 0 Å². The third kappa shape index (κ3) is 3.18. The summed E-state index contributed by atoms with van der Waals surface area (Å²) in [6, 6.07) is 9.31. The van der Waals surface area contributed by atoms with Gasteiger partial charge in [0, 0.05) is 40.1 Å². The molecule has 1 aliphatic heterocycles. The van der Waals surface area contributed by atoms with Gasteiger partial charge in [0.2, 0.25) is 0 Å². The van der Waals surface area contributed by atoms with Gasteiger partial charge in [-0.3, -0.25) is 0 Å². The van der Waals surface area contributed by atoms with Crippen molar-refractivity contribution in [3.8, 4) is 11.5 Å². The van der Waals surface area contributed by atoms with E-state index in [0.717, 1.165) is 28.8 Å². The minimum Gasteiger partial charge on any atom is -0.508 e. The van der Waals surface area contributed by atoms with Gasteiger partial charge in [0.15, 0.2) is 0 Å². The molecule has 21 heavy (non-hydrogen) atoms. The molecule has 110 valence electrons. The Hall–Kier alpha value is -1.23. The van der Waals surface area contributed by atoms with E-state index in [1.165, 1.54) is 5.56 Å². The van der Waals surface area contributed by atoms with Crippen LogP contribution in [0, 0.1) is 0 Å². The number of rotatable bonds is 4. The summed E-state index contributed by atoms with van der Waals surface area (Å²) in [7, 11) is 0. The summed E-state index contributed by atoms with van der Waals surface area (Å²) in [5.41, 5.74) is 3.07. The molecule has 0 unspecified atom stereocenters. The maximum Gasteiger partial charge on any atom is 0.127 e. The predicted molar refractivity (Wildman–Crippen MR) is 87.0 cm³/mol. The zero-order valence-electron chi connectivity index (χ0n) is 11.3. The number of ether oxygens (including phenoxy) is 1. The van der Waals surface area contributed by atoms with Crippen LogP contribution in [-0.2, 0) is 19.5 Å². The minimum absolute atomic E-state index is 0.214. The molecule has 2 aromatic carbocycles. The van der Waals surface area contributed by atoms with Crippen LogP contribution in [0.2, 0.25) is 5.02 Å². The van der Waals surface area contributed by atoms with Crippen molar-refractivity contribution in [2.75, 3.05) is 6.61 Å². The molecule has 0 aromatic heterocycles. The second-order valence-electron chi connectivity index (χ2n) is 4.99. The monoisotopic (exact) mass is 367 g/mol. The number of fused-ring (bicyclic) bond motifs is 1. The number of hydrogen-bond donors (Lipinski definition) is 2. The standard InChI is InChI=1S/C16H15BrClNO2/c17-12-6-10-4-5-21-16(10)11(7-12)8-19-9-13-14(18)2-1-3-15(13)20/h1-3,6-7,19-20H,4-5,8-9H2. The van der Waals surface area contributed by atoms with Crippen LogP contribution in [-0.4, -0.2) is 11.7 Å². The summed E-state index contributed by atoms with van der Waals surface area (Å²) in [4.78, 5) is 0. The highest BCUT2D eigenvalue weighted by atomic mass is 79.9. The van der Waals surface area contributed by atoms with E-state index in [2.05, 4.69) is 33.4 Å². The number of phenolic OH excluding ortho intramolecular Hbond substituents is 1. The molecule has 0 amide bonds. The second kappa shape index (κ2) is 6.26. The largest absolute Gasteiger partial charge is 0.508 e. The first-order chi connectivity index (χ1) is 10.1. The highest BCUT2D eigenvalue weighted by Gasteiger charge is 2.17. The van der Waals surface area contributed by atoms with E-state index in [1.807, 2.05) is 0 Å². The Morgan fingerprint density at radius 2 is 2.14 bits per heavy atom. The van der Waals surface area contributed by atoms with Gasteiger partial charge < -0.3 is 15.2 Å². The summed E-state index contributed by atoms with van der Waals surface area (Å²) in [5, 5.41) is 13.7. The lowest BCUT2D eigenvalue weighted by Gasteiger charge is -2.12. The average molecular weight is 369 g/mol.